The maximum absolute atomic E-state index is 12.2. The second-order valence-electron chi connectivity index (χ2n) is 5.73. The molecule has 1 aliphatic carbocycles. The van der Waals surface area contributed by atoms with E-state index in [0.29, 0.717) is 10.6 Å². The van der Waals surface area contributed by atoms with E-state index in [-0.39, 0.29) is 6.61 Å². The number of aryl methyl sites for hydroxylation is 3. The van der Waals surface area contributed by atoms with Crippen molar-refractivity contribution in [1.82, 2.24) is 5.16 Å². The number of carbonyl (C=O) groups is 1. The normalized spacial score (nSPS) is 13.8. The van der Waals surface area contributed by atoms with Gasteiger partial charge in [-0.05, 0) is 56.4 Å². The molecule has 1 heterocycles. The number of benzene rings is 1. The third-order valence-corrected chi connectivity index (χ3v) is 4.49. The van der Waals surface area contributed by atoms with E-state index in [9.17, 15) is 4.79 Å². The molecule has 0 unspecified atom stereocenters. The molecule has 1 aromatic carbocycles. The molecule has 0 bridgehead atoms. The highest BCUT2D eigenvalue weighted by atomic mass is 35.5. The molecule has 0 aliphatic heterocycles. The summed E-state index contributed by atoms with van der Waals surface area (Å²) in [6, 6.07) is 3.55. The first-order valence-corrected chi connectivity index (χ1v) is 7.84. The van der Waals surface area contributed by atoms with Crippen LogP contribution in [0.5, 0.6) is 0 Å². The molecular formula is C17H18ClNO3. The number of halogens is 1. The predicted molar refractivity (Wildman–Crippen MR) is 83.2 cm³/mol. The minimum Gasteiger partial charge on any atom is -0.455 e. The Morgan fingerprint density at radius 3 is 2.82 bits per heavy atom. The molecule has 0 radical (unpaired) electrons. The number of esters is 1. The molecule has 5 heteroatoms. The van der Waals surface area contributed by atoms with Gasteiger partial charge in [0.25, 0.3) is 0 Å². The van der Waals surface area contributed by atoms with E-state index in [4.69, 9.17) is 20.9 Å². The SMILES string of the molecule is Cc1cc(Cl)c(C(=O)OCc2noc3c2CCCC3)cc1C. The van der Waals surface area contributed by atoms with Gasteiger partial charge in [-0.15, -0.1) is 0 Å². The zero-order valence-electron chi connectivity index (χ0n) is 12.7. The zero-order valence-corrected chi connectivity index (χ0v) is 13.5. The predicted octanol–water partition coefficient (Wildman–Crippen LogP) is 4.18. The van der Waals surface area contributed by atoms with Gasteiger partial charge < -0.3 is 9.26 Å². The lowest BCUT2D eigenvalue weighted by Crippen LogP contribution is -2.09. The minimum atomic E-state index is -0.430. The molecule has 1 aromatic heterocycles. The van der Waals surface area contributed by atoms with Gasteiger partial charge in [0.1, 0.15) is 18.1 Å². The Balaban J connectivity index is 1.73. The molecule has 2 aromatic rings. The van der Waals surface area contributed by atoms with Crippen LogP contribution in [-0.4, -0.2) is 11.1 Å². The van der Waals surface area contributed by atoms with Gasteiger partial charge in [-0.1, -0.05) is 16.8 Å². The number of hydrogen-bond acceptors (Lipinski definition) is 4. The van der Waals surface area contributed by atoms with Gasteiger partial charge in [-0.2, -0.15) is 0 Å². The second kappa shape index (κ2) is 6.13. The molecule has 1 aliphatic rings. The molecule has 4 nitrogen and oxygen atoms in total. The maximum Gasteiger partial charge on any atom is 0.340 e. The lowest BCUT2D eigenvalue weighted by molar-refractivity contribution is 0.0463. The topological polar surface area (TPSA) is 52.3 Å². The minimum absolute atomic E-state index is 0.126. The van der Waals surface area contributed by atoms with Gasteiger partial charge in [-0.3, -0.25) is 0 Å². The quantitative estimate of drug-likeness (QED) is 0.796. The average molecular weight is 320 g/mol. The number of aromatic nitrogens is 1. The van der Waals surface area contributed by atoms with Gasteiger partial charge in [-0.25, -0.2) is 4.79 Å². The summed E-state index contributed by atoms with van der Waals surface area (Å²) < 4.78 is 10.7. The molecule has 0 spiro atoms. The second-order valence-corrected chi connectivity index (χ2v) is 6.14. The third-order valence-electron chi connectivity index (χ3n) is 4.17. The Morgan fingerprint density at radius 2 is 2.00 bits per heavy atom. The summed E-state index contributed by atoms with van der Waals surface area (Å²) in [5, 5.41) is 4.44. The highest BCUT2D eigenvalue weighted by Crippen LogP contribution is 2.26. The molecule has 0 saturated carbocycles. The largest absolute Gasteiger partial charge is 0.455 e. The van der Waals surface area contributed by atoms with Crippen molar-refractivity contribution in [1.29, 1.82) is 0 Å². The van der Waals surface area contributed by atoms with Crippen molar-refractivity contribution in [2.45, 2.75) is 46.1 Å². The molecule has 0 atom stereocenters. The number of nitrogens with zero attached hydrogens (tertiary/aromatic N) is 1. The first-order valence-electron chi connectivity index (χ1n) is 7.46. The number of hydrogen-bond donors (Lipinski definition) is 0. The van der Waals surface area contributed by atoms with Gasteiger partial charge in [0, 0.05) is 12.0 Å². The molecule has 116 valence electrons. The first kappa shape index (κ1) is 15.1. The summed E-state index contributed by atoms with van der Waals surface area (Å²) in [6.07, 6.45) is 4.10. The van der Waals surface area contributed by atoms with Crippen LogP contribution in [0.15, 0.2) is 16.7 Å². The van der Waals surface area contributed by atoms with Gasteiger partial charge in [0.05, 0.1) is 10.6 Å². The fraction of sp³-hybridized carbons (Fsp3) is 0.412. The summed E-state index contributed by atoms with van der Waals surface area (Å²) >= 11 is 6.14. The van der Waals surface area contributed by atoms with Crippen LogP contribution in [0, 0.1) is 13.8 Å². The Labute approximate surface area is 134 Å². The van der Waals surface area contributed by atoms with Crippen LogP contribution in [0.25, 0.3) is 0 Å². The van der Waals surface area contributed by atoms with E-state index >= 15 is 0 Å². The van der Waals surface area contributed by atoms with E-state index in [1.165, 1.54) is 0 Å². The summed E-state index contributed by atoms with van der Waals surface area (Å²) in [5.41, 5.74) is 4.28. The highest BCUT2D eigenvalue weighted by molar-refractivity contribution is 6.33. The standard InChI is InChI=1S/C17H18ClNO3/c1-10-7-13(14(18)8-11(10)2)17(20)21-9-15-12-5-3-4-6-16(12)22-19-15/h7-8H,3-6,9H2,1-2H3. The van der Waals surface area contributed by atoms with Crippen LogP contribution in [0.2, 0.25) is 5.02 Å². The van der Waals surface area contributed by atoms with Gasteiger partial charge >= 0.3 is 5.97 Å². The van der Waals surface area contributed by atoms with E-state index in [1.807, 2.05) is 13.8 Å². The molecular weight excluding hydrogens is 302 g/mol. The molecule has 0 amide bonds. The van der Waals surface area contributed by atoms with Crippen molar-refractivity contribution in [3.63, 3.8) is 0 Å². The van der Waals surface area contributed by atoms with Gasteiger partial charge in [0.15, 0.2) is 0 Å². The smallest absolute Gasteiger partial charge is 0.340 e. The van der Waals surface area contributed by atoms with E-state index in [1.54, 1.807) is 12.1 Å². The number of carbonyl (C=O) groups excluding carboxylic acids is 1. The molecule has 0 saturated heterocycles. The van der Waals surface area contributed by atoms with Crippen molar-refractivity contribution < 1.29 is 14.1 Å². The summed E-state index contributed by atoms with van der Waals surface area (Å²) in [6.45, 7) is 4.02. The van der Waals surface area contributed by atoms with E-state index < -0.39 is 5.97 Å². The van der Waals surface area contributed by atoms with E-state index in [0.717, 1.165) is 53.8 Å². The first-order chi connectivity index (χ1) is 10.6. The van der Waals surface area contributed by atoms with Crippen LogP contribution in [0.4, 0.5) is 0 Å². The maximum atomic E-state index is 12.2. The van der Waals surface area contributed by atoms with Crippen molar-refractivity contribution in [3.8, 4) is 0 Å². The Bertz CT molecular complexity index is 721. The van der Waals surface area contributed by atoms with Crippen molar-refractivity contribution in [2.75, 3.05) is 0 Å². The van der Waals surface area contributed by atoms with Crippen molar-refractivity contribution in [2.24, 2.45) is 0 Å². The molecule has 3 rings (SSSR count). The molecule has 0 N–H and O–H groups in total. The fourth-order valence-corrected chi connectivity index (χ4v) is 3.01. The zero-order chi connectivity index (χ0) is 15.7. The van der Waals surface area contributed by atoms with Crippen molar-refractivity contribution in [3.05, 3.63) is 50.9 Å². The Hall–Kier alpha value is -1.81. The molecule has 22 heavy (non-hydrogen) atoms. The van der Waals surface area contributed by atoms with E-state index in [2.05, 4.69) is 5.16 Å². The van der Waals surface area contributed by atoms with Crippen LogP contribution in [-0.2, 0) is 24.2 Å². The van der Waals surface area contributed by atoms with Gasteiger partial charge in [0.2, 0.25) is 0 Å². The fourth-order valence-electron chi connectivity index (χ4n) is 2.71. The molecule has 0 fully saturated rings. The average Bonchev–Trinajstić information content (AvgIpc) is 2.92. The van der Waals surface area contributed by atoms with Crippen LogP contribution in [0.1, 0.15) is 51.3 Å². The number of rotatable bonds is 3. The van der Waals surface area contributed by atoms with Crippen LogP contribution in [0.3, 0.4) is 0 Å². The lowest BCUT2D eigenvalue weighted by Gasteiger charge is -2.10. The van der Waals surface area contributed by atoms with Crippen LogP contribution >= 0.6 is 11.6 Å². The third kappa shape index (κ3) is 2.88. The number of fused-ring (bicyclic) bond motifs is 1. The Kier molecular flexibility index (Phi) is 4.21. The Morgan fingerprint density at radius 1 is 1.27 bits per heavy atom. The highest BCUT2D eigenvalue weighted by Gasteiger charge is 2.21. The summed E-state index contributed by atoms with van der Waals surface area (Å²) in [5.74, 6) is 0.502. The van der Waals surface area contributed by atoms with Crippen molar-refractivity contribution >= 4 is 17.6 Å². The number of ether oxygens (including phenoxy) is 1. The van der Waals surface area contributed by atoms with Crippen LogP contribution < -0.4 is 0 Å². The summed E-state index contributed by atoms with van der Waals surface area (Å²) in [7, 11) is 0. The monoisotopic (exact) mass is 319 g/mol. The summed E-state index contributed by atoms with van der Waals surface area (Å²) in [4.78, 5) is 12.2. The lowest BCUT2D eigenvalue weighted by atomic mass is 9.97.